The van der Waals surface area contributed by atoms with Gasteiger partial charge in [-0.2, -0.15) is 0 Å². The van der Waals surface area contributed by atoms with Gasteiger partial charge in [0.2, 0.25) is 0 Å². The van der Waals surface area contributed by atoms with Crippen LogP contribution < -0.4 is 5.32 Å². The Morgan fingerprint density at radius 1 is 1.40 bits per heavy atom. The second-order valence-corrected chi connectivity index (χ2v) is 5.13. The van der Waals surface area contributed by atoms with Gasteiger partial charge < -0.3 is 10.1 Å². The predicted molar refractivity (Wildman–Crippen MR) is 76.7 cm³/mol. The molecule has 0 saturated heterocycles. The maximum absolute atomic E-state index is 12.0. The topological polar surface area (TPSA) is 64.1 Å². The third-order valence-corrected chi connectivity index (χ3v) is 3.58. The summed E-state index contributed by atoms with van der Waals surface area (Å²) in [5, 5.41) is 12.5. The summed E-state index contributed by atoms with van der Waals surface area (Å²) < 4.78 is 5.06. The molecule has 20 heavy (non-hydrogen) atoms. The molecule has 1 aliphatic carbocycles. The summed E-state index contributed by atoms with van der Waals surface area (Å²) in [4.78, 5) is 12.0. The molecule has 0 amide bonds. The minimum atomic E-state index is -0.429. The van der Waals surface area contributed by atoms with Crippen LogP contribution in [-0.4, -0.2) is 28.8 Å². The van der Waals surface area contributed by atoms with E-state index in [2.05, 4.69) is 22.4 Å². The van der Waals surface area contributed by atoms with Crippen molar-refractivity contribution in [3.8, 4) is 0 Å². The van der Waals surface area contributed by atoms with Gasteiger partial charge in [0, 0.05) is 11.4 Å². The number of nitrogens with zero attached hydrogens (tertiary/aromatic N) is 2. The Bertz CT molecular complexity index is 657. The normalized spacial score (nSPS) is 20.7. The molecule has 5 heteroatoms. The summed E-state index contributed by atoms with van der Waals surface area (Å²) in [6.07, 6.45) is 1.11. The molecule has 0 spiro atoms. The zero-order chi connectivity index (χ0) is 14.1. The Morgan fingerprint density at radius 2 is 2.15 bits per heavy atom. The van der Waals surface area contributed by atoms with E-state index in [1.54, 1.807) is 6.92 Å². The lowest BCUT2D eigenvalue weighted by atomic mass is 10.1. The molecule has 2 aromatic rings. The Morgan fingerprint density at radius 3 is 2.85 bits per heavy atom. The van der Waals surface area contributed by atoms with Crippen molar-refractivity contribution in [3.05, 3.63) is 30.0 Å². The molecule has 1 heterocycles. The Kier molecular flexibility index (Phi) is 3.26. The van der Waals surface area contributed by atoms with E-state index in [9.17, 15) is 4.79 Å². The molecule has 1 aromatic heterocycles. The van der Waals surface area contributed by atoms with Crippen molar-refractivity contribution in [2.75, 3.05) is 11.9 Å². The second kappa shape index (κ2) is 5.07. The zero-order valence-corrected chi connectivity index (χ0v) is 11.6. The van der Waals surface area contributed by atoms with Crippen molar-refractivity contribution in [1.29, 1.82) is 0 Å². The van der Waals surface area contributed by atoms with Gasteiger partial charge in [-0.15, -0.1) is 10.2 Å². The summed E-state index contributed by atoms with van der Waals surface area (Å²) in [6, 6.07) is 8.07. The number of rotatable bonds is 4. The largest absolute Gasteiger partial charge is 0.461 e. The molecule has 1 N–H and O–H groups in total. The van der Waals surface area contributed by atoms with Gasteiger partial charge in [0.05, 0.1) is 17.8 Å². The third-order valence-electron chi connectivity index (χ3n) is 3.58. The number of fused-ring (bicyclic) bond motifs is 1. The van der Waals surface area contributed by atoms with Gasteiger partial charge in [-0.05, 0) is 25.3 Å². The van der Waals surface area contributed by atoms with Crippen molar-refractivity contribution in [2.45, 2.75) is 26.3 Å². The van der Waals surface area contributed by atoms with E-state index in [1.165, 1.54) is 0 Å². The van der Waals surface area contributed by atoms with E-state index in [0.717, 1.165) is 23.0 Å². The minimum Gasteiger partial charge on any atom is -0.461 e. The highest BCUT2D eigenvalue weighted by Gasteiger charge is 2.34. The summed E-state index contributed by atoms with van der Waals surface area (Å²) in [5.41, 5.74) is 1.78. The van der Waals surface area contributed by atoms with Gasteiger partial charge in [-0.25, -0.2) is 4.79 Å². The molecule has 2 unspecified atom stereocenters. The van der Waals surface area contributed by atoms with Crippen LogP contribution in [0.1, 0.15) is 30.8 Å². The molecular weight excluding hydrogens is 254 g/mol. The first-order chi connectivity index (χ1) is 9.70. The zero-order valence-electron chi connectivity index (χ0n) is 11.6. The first-order valence-corrected chi connectivity index (χ1v) is 6.89. The lowest BCUT2D eigenvalue weighted by Gasteiger charge is -2.12. The number of esters is 1. The standard InChI is InChI=1S/C15H17N3O2/c1-3-20-15(19)14-13(16-12-8-9(12)2)10-6-4-5-7-11(10)17-18-14/h4-7,9,12H,3,8H2,1-2H3,(H,16,17). The number of ether oxygens (including phenoxy) is 1. The lowest BCUT2D eigenvalue weighted by Crippen LogP contribution is -2.15. The summed E-state index contributed by atoms with van der Waals surface area (Å²) in [6.45, 7) is 4.29. The van der Waals surface area contributed by atoms with Crippen LogP contribution in [0, 0.1) is 5.92 Å². The average molecular weight is 271 g/mol. The molecule has 1 aliphatic rings. The van der Waals surface area contributed by atoms with Gasteiger partial charge in [0.25, 0.3) is 0 Å². The monoisotopic (exact) mass is 271 g/mol. The Labute approximate surface area is 117 Å². The number of aromatic nitrogens is 2. The fraction of sp³-hybridized carbons (Fsp3) is 0.400. The predicted octanol–water partition coefficient (Wildman–Crippen LogP) is 2.63. The highest BCUT2D eigenvalue weighted by Crippen LogP contribution is 2.35. The molecule has 2 atom stereocenters. The van der Waals surface area contributed by atoms with Crippen LogP contribution in [0.2, 0.25) is 0 Å². The van der Waals surface area contributed by atoms with Gasteiger partial charge in [0.1, 0.15) is 0 Å². The van der Waals surface area contributed by atoms with Crippen LogP contribution in [0.15, 0.2) is 24.3 Å². The average Bonchev–Trinajstić information content (AvgIpc) is 3.15. The van der Waals surface area contributed by atoms with Crippen molar-refractivity contribution in [2.24, 2.45) is 5.92 Å². The molecule has 1 aromatic carbocycles. The molecule has 1 fully saturated rings. The molecule has 1 saturated carbocycles. The number of carbonyl (C=O) groups is 1. The van der Waals surface area contributed by atoms with Gasteiger partial charge >= 0.3 is 5.97 Å². The van der Waals surface area contributed by atoms with Crippen LogP contribution in [0.4, 0.5) is 5.69 Å². The van der Waals surface area contributed by atoms with E-state index in [-0.39, 0.29) is 5.69 Å². The van der Waals surface area contributed by atoms with Crippen LogP contribution in [0.5, 0.6) is 0 Å². The van der Waals surface area contributed by atoms with E-state index in [0.29, 0.717) is 18.6 Å². The van der Waals surface area contributed by atoms with Crippen molar-refractivity contribution < 1.29 is 9.53 Å². The summed E-state index contributed by atoms with van der Waals surface area (Å²) in [5.74, 6) is 0.193. The molecule has 3 rings (SSSR count). The molecule has 104 valence electrons. The Hall–Kier alpha value is -2.17. The maximum atomic E-state index is 12.0. The van der Waals surface area contributed by atoms with E-state index < -0.39 is 5.97 Å². The SMILES string of the molecule is CCOC(=O)c1nnc2ccccc2c1NC1CC1C. The van der Waals surface area contributed by atoms with Crippen LogP contribution in [0.25, 0.3) is 10.9 Å². The minimum absolute atomic E-state index is 0.268. The fourth-order valence-electron chi connectivity index (χ4n) is 2.25. The molecule has 0 aliphatic heterocycles. The summed E-state index contributed by atoms with van der Waals surface area (Å²) >= 11 is 0. The highest BCUT2D eigenvalue weighted by atomic mass is 16.5. The van der Waals surface area contributed by atoms with Crippen LogP contribution in [-0.2, 0) is 4.74 Å². The fourth-order valence-corrected chi connectivity index (χ4v) is 2.25. The smallest absolute Gasteiger partial charge is 0.361 e. The first kappa shape index (κ1) is 12.8. The number of benzene rings is 1. The quantitative estimate of drug-likeness (QED) is 0.866. The molecule has 0 radical (unpaired) electrons. The number of nitrogens with one attached hydrogen (secondary N) is 1. The first-order valence-electron chi connectivity index (χ1n) is 6.89. The Balaban J connectivity index is 2.08. The van der Waals surface area contributed by atoms with Crippen LogP contribution in [0.3, 0.4) is 0 Å². The molecular formula is C15H17N3O2. The van der Waals surface area contributed by atoms with E-state index in [4.69, 9.17) is 4.74 Å². The number of carbonyl (C=O) groups excluding carboxylic acids is 1. The molecule has 0 bridgehead atoms. The van der Waals surface area contributed by atoms with Gasteiger partial charge in [-0.3, -0.25) is 0 Å². The van der Waals surface area contributed by atoms with Gasteiger partial charge in [-0.1, -0.05) is 25.1 Å². The lowest BCUT2D eigenvalue weighted by molar-refractivity contribution is 0.0519. The van der Waals surface area contributed by atoms with Crippen molar-refractivity contribution in [3.63, 3.8) is 0 Å². The maximum Gasteiger partial charge on any atom is 0.361 e. The third kappa shape index (κ3) is 2.31. The van der Waals surface area contributed by atoms with Crippen molar-refractivity contribution >= 4 is 22.6 Å². The van der Waals surface area contributed by atoms with Crippen LogP contribution >= 0.6 is 0 Å². The van der Waals surface area contributed by atoms with E-state index in [1.807, 2.05) is 24.3 Å². The van der Waals surface area contributed by atoms with Crippen molar-refractivity contribution in [1.82, 2.24) is 10.2 Å². The number of hydrogen-bond donors (Lipinski definition) is 1. The van der Waals surface area contributed by atoms with Gasteiger partial charge in [0.15, 0.2) is 5.69 Å². The summed E-state index contributed by atoms with van der Waals surface area (Å²) in [7, 11) is 0. The highest BCUT2D eigenvalue weighted by molar-refractivity contribution is 6.03. The molecule has 5 nitrogen and oxygen atoms in total. The van der Waals surface area contributed by atoms with E-state index >= 15 is 0 Å². The number of hydrogen-bond acceptors (Lipinski definition) is 5. The second-order valence-electron chi connectivity index (χ2n) is 5.13. The number of anilines is 1.